The van der Waals surface area contributed by atoms with Gasteiger partial charge in [0.05, 0.1) is 5.56 Å². The molecule has 0 saturated carbocycles. The number of benzene rings is 2. The normalized spacial score (nSPS) is 10.7. The van der Waals surface area contributed by atoms with Crippen molar-refractivity contribution in [1.29, 1.82) is 0 Å². The number of Topliss-reactive ketones (excluding diaryl/α,β-unsaturated/α-hetero) is 1. The molecule has 0 heterocycles. The molecule has 0 radical (unpaired) electrons. The fraction of sp³-hybridized carbons (Fsp3) is 0.133. The minimum Gasteiger partial charge on any atom is -0.294 e. The van der Waals surface area contributed by atoms with Crippen LogP contribution in [0.2, 0.25) is 0 Å². The average Bonchev–Trinajstić information content (AvgIpc) is 2.32. The molecule has 104 valence electrons. The van der Waals surface area contributed by atoms with E-state index in [2.05, 4.69) is 15.9 Å². The van der Waals surface area contributed by atoms with Gasteiger partial charge >= 0.3 is 0 Å². The molecule has 0 spiro atoms. The van der Waals surface area contributed by atoms with Gasteiger partial charge < -0.3 is 0 Å². The van der Waals surface area contributed by atoms with Gasteiger partial charge in [-0.25, -0.2) is 13.2 Å². The minimum atomic E-state index is -0.909. The van der Waals surface area contributed by atoms with Gasteiger partial charge in [0.1, 0.15) is 17.5 Å². The van der Waals surface area contributed by atoms with Crippen molar-refractivity contribution in [2.75, 3.05) is 0 Å². The van der Waals surface area contributed by atoms with Gasteiger partial charge in [-0.15, -0.1) is 0 Å². The molecular formula is C15H10BrF3O. The fourth-order valence-electron chi connectivity index (χ4n) is 1.86. The van der Waals surface area contributed by atoms with Crippen molar-refractivity contribution >= 4 is 21.7 Å². The number of halogens is 4. The molecule has 2 aromatic carbocycles. The van der Waals surface area contributed by atoms with E-state index in [1.807, 2.05) is 0 Å². The lowest BCUT2D eigenvalue weighted by atomic mass is 10.0. The predicted molar refractivity (Wildman–Crippen MR) is 73.2 cm³/mol. The summed E-state index contributed by atoms with van der Waals surface area (Å²) in [5.74, 6) is -2.62. The number of hydrogen-bond acceptors (Lipinski definition) is 1. The first-order valence-corrected chi connectivity index (χ1v) is 6.60. The quantitative estimate of drug-likeness (QED) is 0.745. The van der Waals surface area contributed by atoms with E-state index in [4.69, 9.17) is 0 Å². The van der Waals surface area contributed by atoms with Crippen molar-refractivity contribution in [2.24, 2.45) is 0 Å². The summed E-state index contributed by atoms with van der Waals surface area (Å²) in [5, 5.41) is 0. The minimum absolute atomic E-state index is 0.154. The van der Waals surface area contributed by atoms with Gasteiger partial charge in [-0.3, -0.25) is 4.79 Å². The van der Waals surface area contributed by atoms with Gasteiger partial charge in [-0.05, 0) is 42.3 Å². The second kappa shape index (κ2) is 5.79. The molecule has 0 unspecified atom stereocenters. The van der Waals surface area contributed by atoms with Crippen molar-refractivity contribution in [2.45, 2.75) is 13.3 Å². The smallest absolute Gasteiger partial charge is 0.170 e. The zero-order valence-electron chi connectivity index (χ0n) is 10.5. The van der Waals surface area contributed by atoms with Crippen LogP contribution in [0, 0.1) is 24.4 Å². The third-order valence-corrected chi connectivity index (χ3v) is 3.29. The summed E-state index contributed by atoms with van der Waals surface area (Å²) >= 11 is 3.12. The van der Waals surface area contributed by atoms with Gasteiger partial charge in [0.15, 0.2) is 5.78 Å². The van der Waals surface area contributed by atoms with Gasteiger partial charge in [0, 0.05) is 17.0 Å². The maximum atomic E-state index is 13.6. The molecule has 0 saturated heterocycles. The monoisotopic (exact) mass is 342 g/mol. The van der Waals surface area contributed by atoms with Gasteiger partial charge in [-0.1, -0.05) is 15.9 Å². The molecule has 2 rings (SSSR count). The van der Waals surface area contributed by atoms with E-state index in [1.54, 1.807) is 6.07 Å². The molecule has 2 aromatic rings. The van der Waals surface area contributed by atoms with Crippen LogP contribution in [0.5, 0.6) is 0 Å². The average molecular weight is 343 g/mol. The Hall–Kier alpha value is -1.62. The first kappa shape index (κ1) is 14.8. The van der Waals surface area contributed by atoms with E-state index in [1.165, 1.54) is 25.1 Å². The zero-order valence-corrected chi connectivity index (χ0v) is 12.1. The first-order valence-electron chi connectivity index (χ1n) is 5.80. The van der Waals surface area contributed by atoms with Crippen molar-refractivity contribution in [3.05, 3.63) is 68.9 Å². The van der Waals surface area contributed by atoms with Crippen LogP contribution in [0.3, 0.4) is 0 Å². The molecule has 0 aliphatic rings. The molecule has 0 amide bonds. The van der Waals surface area contributed by atoms with Gasteiger partial charge in [0.25, 0.3) is 0 Å². The highest BCUT2D eigenvalue weighted by atomic mass is 79.9. The maximum Gasteiger partial charge on any atom is 0.170 e. The number of hydrogen-bond donors (Lipinski definition) is 0. The van der Waals surface area contributed by atoms with Crippen LogP contribution in [0.1, 0.15) is 21.5 Å². The van der Waals surface area contributed by atoms with E-state index in [9.17, 15) is 18.0 Å². The third kappa shape index (κ3) is 3.28. The molecule has 5 heteroatoms. The first-order chi connectivity index (χ1) is 9.36. The molecule has 0 N–H and O–H groups in total. The summed E-state index contributed by atoms with van der Waals surface area (Å²) < 4.78 is 40.5. The van der Waals surface area contributed by atoms with E-state index in [0.29, 0.717) is 16.1 Å². The van der Waals surface area contributed by atoms with Gasteiger partial charge in [0.2, 0.25) is 0 Å². The lowest BCUT2D eigenvalue weighted by Gasteiger charge is -2.06. The second-order valence-electron chi connectivity index (χ2n) is 4.46. The molecule has 20 heavy (non-hydrogen) atoms. The van der Waals surface area contributed by atoms with Gasteiger partial charge in [-0.2, -0.15) is 0 Å². The van der Waals surface area contributed by atoms with E-state index < -0.39 is 23.2 Å². The fourth-order valence-corrected chi connectivity index (χ4v) is 2.38. The summed E-state index contributed by atoms with van der Waals surface area (Å²) in [5.41, 5.74) is 0.419. The standard InChI is InChI=1S/C15H10BrF3O/c1-8-2-12(14(19)7-13(8)18)15(20)5-9-3-10(16)6-11(17)4-9/h2-4,6-7H,5H2,1H3. The molecule has 0 aromatic heterocycles. The Morgan fingerprint density at radius 2 is 1.75 bits per heavy atom. The largest absolute Gasteiger partial charge is 0.294 e. The Morgan fingerprint density at radius 1 is 1.05 bits per heavy atom. The Morgan fingerprint density at radius 3 is 2.40 bits per heavy atom. The van der Waals surface area contributed by atoms with Crippen LogP contribution in [0.15, 0.2) is 34.8 Å². The van der Waals surface area contributed by atoms with Crippen LogP contribution >= 0.6 is 15.9 Å². The van der Waals surface area contributed by atoms with Crippen LogP contribution < -0.4 is 0 Å². The van der Waals surface area contributed by atoms with Crippen molar-refractivity contribution in [3.8, 4) is 0 Å². The number of carbonyl (C=O) groups excluding carboxylic acids is 1. The van der Waals surface area contributed by atoms with E-state index in [-0.39, 0.29) is 17.5 Å². The molecule has 0 atom stereocenters. The summed E-state index contributed by atoms with van der Waals surface area (Å²) in [4.78, 5) is 12.0. The summed E-state index contributed by atoms with van der Waals surface area (Å²) in [7, 11) is 0. The number of carbonyl (C=O) groups is 1. The van der Waals surface area contributed by atoms with Crippen LogP contribution in [0.25, 0.3) is 0 Å². The topological polar surface area (TPSA) is 17.1 Å². The van der Waals surface area contributed by atoms with E-state index >= 15 is 0 Å². The van der Waals surface area contributed by atoms with Crippen molar-refractivity contribution in [1.82, 2.24) is 0 Å². The lowest BCUT2D eigenvalue weighted by molar-refractivity contribution is 0.0989. The highest BCUT2D eigenvalue weighted by Crippen LogP contribution is 2.19. The van der Waals surface area contributed by atoms with Crippen LogP contribution in [-0.4, -0.2) is 5.78 Å². The maximum absolute atomic E-state index is 13.6. The Kier molecular flexibility index (Phi) is 4.28. The zero-order chi connectivity index (χ0) is 14.9. The Labute approximate surface area is 122 Å². The molecule has 0 aliphatic heterocycles. The third-order valence-electron chi connectivity index (χ3n) is 2.84. The number of ketones is 1. The molecule has 0 aliphatic carbocycles. The summed E-state index contributed by atoms with van der Waals surface area (Å²) in [6.07, 6.45) is -0.154. The predicted octanol–water partition coefficient (Wildman–Crippen LogP) is 4.60. The molecule has 1 nitrogen and oxygen atoms in total. The summed E-state index contributed by atoms with van der Waals surface area (Å²) in [6.45, 7) is 1.45. The highest BCUT2D eigenvalue weighted by Gasteiger charge is 2.15. The molecule has 0 bridgehead atoms. The molecule has 0 fully saturated rings. The van der Waals surface area contributed by atoms with Crippen molar-refractivity contribution < 1.29 is 18.0 Å². The SMILES string of the molecule is Cc1cc(C(=O)Cc2cc(F)cc(Br)c2)c(F)cc1F. The summed E-state index contributed by atoms with van der Waals surface area (Å²) in [6, 6.07) is 5.90. The molecular weight excluding hydrogens is 333 g/mol. The van der Waals surface area contributed by atoms with E-state index in [0.717, 1.165) is 0 Å². The van der Waals surface area contributed by atoms with Crippen molar-refractivity contribution in [3.63, 3.8) is 0 Å². The van der Waals surface area contributed by atoms with Crippen LogP contribution in [0.4, 0.5) is 13.2 Å². The second-order valence-corrected chi connectivity index (χ2v) is 5.37. The highest BCUT2D eigenvalue weighted by molar-refractivity contribution is 9.10. The lowest BCUT2D eigenvalue weighted by Crippen LogP contribution is -2.08. The Bertz CT molecular complexity index is 663. The Balaban J connectivity index is 2.30. The van der Waals surface area contributed by atoms with Crippen LogP contribution in [-0.2, 0) is 6.42 Å². The number of rotatable bonds is 3. The number of aryl methyl sites for hydroxylation is 1.